The van der Waals surface area contributed by atoms with Crippen molar-refractivity contribution in [3.63, 3.8) is 0 Å². The van der Waals surface area contributed by atoms with Gasteiger partial charge in [-0.3, -0.25) is 4.79 Å². The van der Waals surface area contributed by atoms with Crippen LogP contribution < -0.4 is 0 Å². The van der Waals surface area contributed by atoms with Gasteiger partial charge in [-0.1, -0.05) is 116 Å². The molecule has 0 saturated heterocycles. The number of hydrogen-bond donors (Lipinski definition) is 0. The molecule has 0 aliphatic rings. The van der Waals surface area contributed by atoms with Crippen LogP contribution in [0.15, 0.2) is 0 Å². The standard InChI is InChI=1S/C29H50O/c1-4-6-7-8-9-10-11-12-13-14-15-16-17-18-19-20-21-22-23-24-25-26-27-29(30)28(3)5-2/h28H,4-15,20-27H2,1-3H3. The molecule has 0 bridgehead atoms. The van der Waals surface area contributed by atoms with Gasteiger partial charge in [-0.2, -0.15) is 0 Å². The smallest absolute Gasteiger partial charge is 0.135 e. The minimum atomic E-state index is 0.251. The van der Waals surface area contributed by atoms with Gasteiger partial charge in [0, 0.05) is 25.2 Å². The number of carbonyl (C=O) groups excluding carboxylic acids is 1. The zero-order valence-electron chi connectivity index (χ0n) is 20.6. The Morgan fingerprint density at radius 2 is 1.00 bits per heavy atom. The van der Waals surface area contributed by atoms with Gasteiger partial charge < -0.3 is 0 Å². The maximum absolute atomic E-state index is 11.8. The van der Waals surface area contributed by atoms with Gasteiger partial charge in [0.2, 0.25) is 0 Å². The first kappa shape index (κ1) is 28.8. The Kier molecular flexibility index (Phi) is 23.1. The van der Waals surface area contributed by atoms with Crippen LogP contribution in [-0.2, 0) is 4.79 Å². The van der Waals surface area contributed by atoms with Gasteiger partial charge >= 0.3 is 0 Å². The van der Waals surface area contributed by atoms with Crippen molar-refractivity contribution in [3.05, 3.63) is 0 Å². The van der Waals surface area contributed by atoms with Crippen LogP contribution >= 0.6 is 0 Å². The Labute approximate surface area is 189 Å². The molecule has 172 valence electrons. The predicted octanol–water partition coefficient (Wildman–Crippen LogP) is 9.04. The molecule has 0 aromatic heterocycles. The summed E-state index contributed by atoms with van der Waals surface area (Å²) >= 11 is 0. The van der Waals surface area contributed by atoms with Crippen molar-refractivity contribution in [3.8, 4) is 23.7 Å². The lowest BCUT2D eigenvalue weighted by atomic mass is 9.98. The number of unbranched alkanes of at least 4 members (excludes halogenated alkanes) is 16. The maximum Gasteiger partial charge on any atom is 0.135 e. The van der Waals surface area contributed by atoms with Gasteiger partial charge in [0.25, 0.3) is 0 Å². The SMILES string of the molecule is CCCCCCCCCCCCC#CC#CCCCCCCCCC(=O)C(C)CC. The second-order valence-electron chi connectivity index (χ2n) is 8.93. The van der Waals surface area contributed by atoms with Crippen LogP contribution in [0.25, 0.3) is 0 Å². The molecule has 0 radical (unpaired) electrons. The molecule has 0 saturated carbocycles. The minimum Gasteiger partial charge on any atom is -0.299 e. The van der Waals surface area contributed by atoms with E-state index < -0.39 is 0 Å². The van der Waals surface area contributed by atoms with E-state index in [1.54, 1.807) is 0 Å². The van der Waals surface area contributed by atoms with Crippen LogP contribution in [0.1, 0.15) is 149 Å². The molecule has 1 atom stereocenters. The summed E-state index contributed by atoms with van der Waals surface area (Å²) in [4.78, 5) is 11.8. The average Bonchev–Trinajstić information content (AvgIpc) is 2.76. The normalized spacial score (nSPS) is 11.3. The highest BCUT2D eigenvalue weighted by molar-refractivity contribution is 5.80. The van der Waals surface area contributed by atoms with Crippen molar-refractivity contribution in [1.82, 2.24) is 0 Å². The Balaban J connectivity index is 3.32. The second-order valence-corrected chi connectivity index (χ2v) is 8.93. The van der Waals surface area contributed by atoms with E-state index in [1.807, 2.05) is 6.92 Å². The highest BCUT2D eigenvalue weighted by Crippen LogP contribution is 2.12. The number of Topliss-reactive ketones (excluding diaryl/α,β-unsaturated/α-hetero) is 1. The Bertz CT molecular complexity index is 496. The summed E-state index contributed by atoms with van der Waals surface area (Å²) in [7, 11) is 0. The fraction of sp³-hybridized carbons (Fsp3) is 0.828. The molecule has 0 spiro atoms. The molecule has 0 aromatic rings. The lowest BCUT2D eigenvalue weighted by Gasteiger charge is -2.06. The van der Waals surface area contributed by atoms with E-state index in [1.165, 1.54) is 96.3 Å². The summed E-state index contributed by atoms with van der Waals surface area (Å²) < 4.78 is 0. The van der Waals surface area contributed by atoms with E-state index in [2.05, 4.69) is 37.5 Å². The van der Waals surface area contributed by atoms with E-state index in [0.717, 1.165) is 32.1 Å². The monoisotopic (exact) mass is 414 g/mol. The number of rotatable bonds is 20. The van der Waals surface area contributed by atoms with Crippen molar-refractivity contribution in [1.29, 1.82) is 0 Å². The fourth-order valence-corrected chi connectivity index (χ4v) is 3.61. The molecule has 0 N–H and O–H groups in total. The third-order valence-electron chi connectivity index (χ3n) is 6.03. The van der Waals surface area contributed by atoms with Crippen LogP contribution in [0.4, 0.5) is 0 Å². The summed E-state index contributed by atoms with van der Waals surface area (Å²) in [5.74, 6) is 13.1. The lowest BCUT2D eigenvalue weighted by Crippen LogP contribution is -2.09. The Morgan fingerprint density at radius 1 is 0.600 bits per heavy atom. The zero-order valence-corrected chi connectivity index (χ0v) is 20.6. The summed E-state index contributed by atoms with van der Waals surface area (Å²) in [6.45, 7) is 6.42. The quantitative estimate of drug-likeness (QED) is 0.143. The molecule has 1 heteroatoms. The first-order chi connectivity index (χ1) is 14.7. The second kappa shape index (κ2) is 24.1. The van der Waals surface area contributed by atoms with Gasteiger partial charge in [-0.05, 0) is 37.5 Å². The van der Waals surface area contributed by atoms with Gasteiger partial charge in [-0.15, -0.1) is 0 Å². The van der Waals surface area contributed by atoms with E-state index in [-0.39, 0.29) is 5.92 Å². The summed E-state index contributed by atoms with van der Waals surface area (Å²) in [6.07, 6.45) is 24.7. The summed E-state index contributed by atoms with van der Waals surface area (Å²) in [5.41, 5.74) is 0. The van der Waals surface area contributed by atoms with Crippen molar-refractivity contribution in [2.24, 2.45) is 5.92 Å². The Hall–Kier alpha value is -1.21. The molecule has 1 nitrogen and oxygen atoms in total. The maximum atomic E-state index is 11.8. The van der Waals surface area contributed by atoms with Gasteiger partial charge in [-0.25, -0.2) is 0 Å². The molecule has 0 heterocycles. The predicted molar refractivity (Wildman–Crippen MR) is 133 cm³/mol. The minimum absolute atomic E-state index is 0.251. The van der Waals surface area contributed by atoms with Crippen LogP contribution in [0.3, 0.4) is 0 Å². The number of ketones is 1. The third-order valence-corrected chi connectivity index (χ3v) is 6.03. The summed E-state index contributed by atoms with van der Waals surface area (Å²) in [5, 5.41) is 0. The zero-order chi connectivity index (χ0) is 22.1. The molecule has 0 aliphatic heterocycles. The topological polar surface area (TPSA) is 17.1 Å². The van der Waals surface area contributed by atoms with Crippen LogP contribution in [-0.4, -0.2) is 5.78 Å². The first-order valence-electron chi connectivity index (χ1n) is 13.2. The van der Waals surface area contributed by atoms with Gasteiger partial charge in [0.1, 0.15) is 5.78 Å². The van der Waals surface area contributed by atoms with E-state index in [0.29, 0.717) is 5.78 Å². The van der Waals surface area contributed by atoms with E-state index in [9.17, 15) is 4.79 Å². The van der Waals surface area contributed by atoms with Gasteiger partial charge in [0.05, 0.1) is 0 Å². The molecule has 0 aliphatic carbocycles. The molecule has 0 amide bonds. The number of carbonyl (C=O) groups is 1. The van der Waals surface area contributed by atoms with Crippen molar-refractivity contribution in [2.45, 2.75) is 149 Å². The van der Waals surface area contributed by atoms with E-state index >= 15 is 0 Å². The first-order valence-corrected chi connectivity index (χ1v) is 13.2. The molecular weight excluding hydrogens is 364 g/mol. The third kappa shape index (κ3) is 21.5. The number of hydrogen-bond acceptors (Lipinski definition) is 1. The van der Waals surface area contributed by atoms with Crippen molar-refractivity contribution < 1.29 is 4.79 Å². The molecule has 0 aromatic carbocycles. The molecule has 1 unspecified atom stereocenters. The molecular formula is C29H50O. The van der Waals surface area contributed by atoms with Crippen LogP contribution in [0.5, 0.6) is 0 Å². The highest BCUT2D eigenvalue weighted by Gasteiger charge is 2.09. The molecule has 30 heavy (non-hydrogen) atoms. The average molecular weight is 415 g/mol. The fourth-order valence-electron chi connectivity index (χ4n) is 3.61. The van der Waals surface area contributed by atoms with Crippen LogP contribution in [0, 0.1) is 29.6 Å². The molecule has 0 rings (SSSR count). The largest absolute Gasteiger partial charge is 0.299 e. The van der Waals surface area contributed by atoms with Crippen molar-refractivity contribution in [2.75, 3.05) is 0 Å². The Morgan fingerprint density at radius 3 is 1.43 bits per heavy atom. The summed E-state index contributed by atoms with van der Waals surface area (Å²) in [6, 6.07) is 0. The van der Waals surface area contributed by atoms with Gasteiger partial charge in [0.15, 0.2) is 0 Å². The lowest BCUT2D eigenvalue weighted by molar-refractivity contribution is -0.122. The van der Waals surface area contributed by atoms with Crippen molar-refractivity contribution >= 4 is 5.78 Å². The van der Waals surface area contributed by atoms with Crippen LogP contribution in [0.2, 0.25) is 0 Å². The highest BCUT2D eigenvalue weighted by atomic mass is 16.1. The molecule has 0 fully saturated rings. The van der Waals surface area contributed by atoms with E-state index in [4.69, 9.17) is 0 Å².